The molecule has 1 heterocycles. The van der Waals surface area contributed by atoms with Crippen LogP contribution in [0, 0.1) is 13.8 Å². The van der Waals surface area contributed by atoms with Gasteiger partial charge in [-0.2, -0.15) is 0 Å². The van der Waals surface area contributed by atoms with E-state index in [1.807, 2.05) is 13.8 Å². The number of para-hydroxylation sites is 1. The zero-order valence-electron chi connectivity index (χ0n) is 16.1. The van der Waals surface area contributed by atoms with E-state index < -0.39 is 0 Å². The summed E-state index contributed by atoms with van der Waals surface area (Å²) in [5.41, 5.74) is 4.94. The zero-order valence-corrected chi connectivity index (χ0v) is 17.8. The molecule has 0 atom stereocenters. The van der Waals surface area contributed by atoms with Crippen LogP contribution < -0.4 is 10.6 Å². The standard InChI is InChI=1S/C20H26N2O2S2/c1-7-14-13(5)26-18(16(14)19(23)24-6)22-20(25)21-17-12(4)9-8-10-15(17)11(2)3/h8-11H,7H2,1-6H3,(H2,21,22,25). The van der Waals surface area contributed by atoms with E-state index in [-0.39, 0.29) is 5.97 Å². The van der Waals surface area contributed by atoms with E-state index in [2.05, 4.69) is 49.6 Å². The summed E-state index contributed by atoms with van der Waals surface area (Å²) >= 11 is 7.05. The largest absolute Gasteiger partial charge is 0.465 e. The number of ether oxygens (including phenoxy) is 1. The van der Waals surface area contributed by atoms with Crippen molar-refractivity contribution in [2.24, 2.45) is 0 Å². The van der Waals surface area contributed by atoms with Crippen LogP contribution in [0.4, 0.5) is 10.7 Å². The average molecular weight is 391 g/mol. The second kappa shape index (κ2) is 8.64. The molecule has 0 amide bonds. The molecular weight excluding hydrogens is 364 g/mol. The Bertz CT molecular complexity index is 825. The third-order valence-corrected chi connectivity index (χ3v) is 5.61. The highest BCUT2D eigenvalue weighted by atomic mass is 32.1. The van der Waals surface area contributed by atoms with Gasteiger partial charge in [0.25, 0.3) is 0 Å². The number of nitrogens with one attached hydrogen (secondary N) is 2. The van der Waals surface area contributed by atoms with Crippen LogP contribution in [0.3, 0.4) is 0 Å². The van der Waals surface area contributed by atoms with Gasteiger partial charge in [-0.05, 0) is 55.1 Å². The molecule has 2 rings (SSSR count). The highest BCUT2D eigenvalue weighted by Crippen LogP contribution is 2.34. The fraction of sp³-hybridized carbons (Fsp3) is 0.400. The summed E-state index contributed by atoms with van der Waals surface area (Å²) in [5.74, 6) is 0.0387. The number of benzene rings is 1. The molecule has 0 saturated carbocycles. The van der Waals surface area contributed by atoms with E-state index >= 15 is 0 Å². The number of methoxy groups -OCH3 is 1. The molecule has 0 aliphatic heterocycles. The smallest absolute Gasteiger partial charge is 0.341 e. The van der Waals surface area contributed by atoms with Crippen molar-refractivity contribution in [2.45, 2.75) is 47.0 Å². The fourth-order valence-corrected chi connectivity index (χ4v) is 4.41. The van der Waals surface area contributed by atoms with Gasteiger partial charge in [0.05, 0.1) is 12.7 Å². The first-order chi connectivity index (χ1) is 12.3. The summed E-state index contributed by atoms with van der Waals surface area (Å²) < 4.78 is 4.97. The minimum atomic E-state index is -0.338. The number of carbonyl (C=O) groups is 1. The van der Waals surface area contributed by atoms with Gasteiger partial charge in [0.15, 0.2) is 5.11 Å². The Morgan fingerprint density at radius 2 is 1.96 bits per heavy atom. The molecular formula is C20H26N2O2S2. The van der Waals surface area contributed by atoms with Gasteiger partial charge >= 0.3 is 5.97 Å². The monoisotopic (exact) mass is 390 g/mol. The summed E-state index contributed by atoms with van der Waals surface area (Å²) in [4.78, 5) is 13.3. The number of hydrogen-bond acceptors (Lipinski definition) is 4. The first-order valence-electron chi connectivity index (χ1n) is 8.68. The van der Waals surface area contributed by atoms with Gasteiger partial charge < -0.3 is 15.4 Å². The molecule has 0 fully saturated rings. The van der Waals surface area contributed by atoms with Gasteiger partial charge in [0.2, 0.25) is 0 Å². The lowest BCUT2D eigenvalue weighted by molar-refractivity contribution is 0.0601. The second-order valence-electron chi connectivity index (χ2n) is 6.46. The third-order valence-electron chi connectivity index (χ3n) is 4.34. The first kappa shape index (κ1) is 20.4. The summed E-state index contributed by atoms with van der Waals surface area (Å²) in [6.45, 7) is 10.4. The second-order valence-corrected chi connectivity index (χ2v) is 8.09. The molecule has 0 aliphatic carbocycles. The van der Waals surface area contributed by atoms with Gasteiger partial charge in [-0.1, -0.05) is 39.0 Å². The maximum Gasteiger partial charge on any atom is 0.341 e. The average Bonchev–Trinajstić information content (AvgIpc) is 2.90. The van der Waals surface area contributed by atoms with E-state index in [0.717, 1.165) is 33.1 Å². The Balaban J connectivity index is 2.31. The van der Waals surface area contributed by atoms with Crippen LogP contribution in [0.1, 0.15) is 58.6 Å². The molecule has 1 aromatic carbocycles. The predicted molar refractivity (Wildman–Crippen MR) is 115 cm³/mol. The van der Waals surface area contributed by atoms with Crippen molar-refractivity contribution in [3.63, 3.8) is 0 Å². The Morgan fingerprint density at radius 1 is 1.27 bits per heavy atom. The van der Waals surface area contributed by atoms with Crippen LogP contribution in [0.15, 0.2) is 18.2 Å². The minimum absolute atomic E-state index is 0.338. The van der Waals surface area contributed by atoms with Crippen LogP contribution >= 0.6 is 23.6 Å². The first-order valence-corrected chi connectivity index (χ1v) is 9.90. The van der Waals surface area contributed by atoms with Crippen molar-refractivity contribution in [3.05, 3.63) is 45.3 Å². The Hall–Kier alpha value is -1.92. The van der Waals surface area contributed by atoms with Gasteiger partial charge in [-0.25, -0.2) is 4.79 Å². The van der Waals surface area contributed by atoms with E-state index in [9.17, 15) is 4.79 Å². The number of rotatable bonds is 5. The molecule has 2 N–H and O–H groups in total. The van der Waals surface area contributed by atoms with Gasteiger partial charge in [0, 0.05) is 10.6 Å². The minimum Gasteiger partial charge on any atom is -0.465 e. The molecule has 0 saturated heterocycles. The van der Waals surface area contributed by atoms with E-state index in [4.69, 9.17) is 17.0 Å². The highest BCUT2D eigenvalue weighted by Gasteiger charge is 2.22. The topological polar surface area (TPSA) is 50.4 Å². The SMILES string of the molecule is CCc1c(C)sc(NC(=S)Nc2c(C)cccc2C(C)C)c1C(=O)OC. The maximum absolute atomic E-state index is 12.2. The number of hydrogen-bond donors (Lipinski definition) is 2. The molecule has 26 heavy (non-hydrogen) atoms. The number of carbonyl (C=O) groups excluding carboxylic acids is 1. The number of anilines is 2. The lowest BCUT2D eigenvalue weighted by Gasteiger charge is -2.18. The molecule has 0 bridgehead atoms. The molecule has 0 radical (unpaired) electrons. The summed E-state index contributed by atoms with van der Waals surface area (Å²) in [5, 5.41) is 7.71. The van der Waals surface area contributed by atoms with Crippen LogP contribution in [0.25, 0.3) is 0 Å². The van der Waals surface area contributed by atoms with Crippen LogP contribution in [0.2, 0.25) is 0 Å². The van der Waals surface area contributed by atoms with E-state index in [1.165, 1.54) is 24.0 Å². The fourth-order valence-electron chi connectivity index (χ4n) is 3.00. The van der Waals surface area contributed by atoms with Crippen LogP contribution in [-0.4, -0.2) is 18.2 Å². The highest BCUT2D eigenvalue weighted by molar-refractivity contribution is 7.80. The van der Waals surface area contributed by atoms with E-state index in [1.54, 1.807) is 0 Å². The van der Waals surface area contributed by atoms with Gasteiger partial charge in [0.1, 0.15) is 5.00 Å². The van der Waals surface area contributed by atoms with Crippen molar-refractivity contribution in [3.8, 4) is 0 Å². The lowest BCUT2D eigenvalue weighted by Crippen LogP contribution is -2.21. The molecule has 0 unspecified atom stereocenters. The molecule has 0 spiro atoms. The molecule has 2 aromatic rings. The van der Waals surface area contributed by atoms with Crippen molar-refractivity contribution in [1.82, 2.24) is 0 Å². The number of thiocarbonyl (C=S) groups is 1. The molecule has 1 aromatic heterocycles. The van der Waals surface area contributed by atoms with Gasteiger partial charge in [-0.15, -0.1) is 11.3 Å². The normalized spacial score (nSPS) is 10.7. The lowest BCUT2D eigenvalue weighted by atomic mass is 9.98. The number of thiophene rings is 1. The summed E-state index contributed by atoms with van der Waals surface area (Å²) in [6.07, 6.45) is 0.768. The zero-order chi connectivity index (χ0) is 19.4. The Morgan fingerprint density at radius 3 is 2.54 bits per heavy atom. The van der Waals surface area contributed by atoms with Crippen LogP contribution in [-0.2, 0) is 11.2 Å². The van der Waals surface area contributed by atoms with Crippen molar-refractivity contribution in [2.75, 3.05) is 17.7 Å². The predicted octanol–water partition coefficient (Wildman–Crippen LogP) is 5.65. The van der Waals surface area contributed by atoms with Crippen molar-refractivity contribution >= 4 is 45.3 Å². The maximum atomic E-state index is 12.2. The third kappa shape index (κ3) is 4.24. The van der Waals surface area contributed by atoms with Crippen molar-refractivity contribution in [1.29, 1.82) is 0 Å². The molecule has 6 heteroatoms. The summed E-state index contributed by atoms with van der Waals surface area (Å²) in [6, 6.07) is 6.21. The number of aryl methyl sites for hydroxylation is 2. The number of esters is 1. The van der Waals surface area contributed by atoms with Gasteiger partial charge in [-0.3, -0.25) is 0 Å². The Kier molecular flexibility index (Phi) is 6.78. The quantitative estimate of drug-likeness (QED) is 0.511. The Labute approximate surface area is 165 Å². The van der Waals surface area contributed by atoms with Crippen molar-refractivity contribution < 1.29 is 9.53 Å². The van der Waals surface area contributed by atoms with E-state index in [0.29, 0.717) is 16.6 Å². The molecule has 0 aliphatic rings. The van der Waals surface area contributed by atoms with Crippen LogP contribution in [0.5, 0.6) is 0 Å². The molecule has 4 nitrogen and oxygen atoms in total. The molecule has 140 valence electrons. The summed E-state index contributed by atoms with van der Waals surface area (Å²) in [7, 11) is 1.40.